The number of carbonyl (C=O) groups excluding carboxylic acids is 7. The van der Waals surface area contributed by atoms with E-state index in [1.807, 2.05) is 24.3 Å². The lowest BCUT2D eigenvalue weighted by molar-refractivity contribution is -0.147. The topological polar surface area (TPSA) is 357 Å². The number of thioether (sulfide) groups is 1. The number of aromatic nitrogens is 1. The maximum absolute atomic E-state index is 14.4. The molecular formula is C61H82F2IN13O15S. The van der Waals surface area contributed by atoms with Crippen molar-refractivity contribution in [1.29, 1.82) is 5.26 Å². The number of nitrogens with zero attached hydrogens (tertiary/aromatic N) is 9. The number of piperazine rings is 1. The van der Waals surface area contributed by atoms with Crippen LogP contribution in [0.2, 0.25) is 0 Å². The largest absolute Gasteiger partial charge is 0.494 e. The lowest BCUT2D eigenvalue weighted by Gasteiger charge is -2.36. The van der Waals surface area contributed by atoms with Crippen molar-refractivity contribution in [3.63, 3.8) is 0 Å². The Bertz CT molecular complexity index is 3080. The highest BCUT2D eigenvalue weighted by Crippen LogP contribution is 2.32. The zero-order chi connectivity index (χ0) is 67.5. The molecule has 508 valence electrons. The third-order valence-corrected chi connectivity index (χ3v) is 17.6. The van der Waals surface area contributed by atoms with Gasteiger partial charge in [-0.15, -0.1) is 0 Å². The molecule has 3 fully saturated rings. The van der Waals surface area contributed by atoms with Crippen molar-refractivity contribution in [2.75, 3.05) is 156 Å². The Balaban J connectivity index is 1.04. The van der Waals surface area contributed by atoms with E-state index in [1.165, 1.54) is 24.0 Å². The first-order chi connectivity index (χ1) is 44.5. The quantitative estimate of drug-likeness (QED) is 0.0254. The number of hydrogen-bond acceptors (Lipinski definition) is 20. The van der Waals surface area contributed by atoms with Crippen LogP contribution in [0.5, 0.6) is 5.75 Å². The van der Waals surface area contributed by atoms with E-state index in [0.29, 0.717) is 74.3 Å². The van der Waals surface area contributed by atoms with Crippen LogP contribution < -0.4 is 26.0 Å². The molecule has 3 aliphatic heterocycles. The van der Waals surface area contributed by atoms with Crippen molar-refractivity contribution in [3.05, 3.63) is 69.4 Å². The standard InChI is InChI=1S/C61H82F2IN13O15S/c1-91-57(87)32-49(60(90)76-27-25-71(26-28-76)16-2-3-29-92-45-11-12-48-47(31-45)46(13-14-66-48)58(88)68-35-53(80)77-41-61(62,63)33-44(77)34-65)70-59(89)50(40-93-30-15-67-51(78)6-4-5-42-7-9-43(64)10-8-42)69-52(79)36-72-17-19-73(37-54(81)82)21-23-75(39-56(85)86)24-22-74(20-18-72)38-55(83)84/h7-14,31,44,49-50H,2-6,15-30,32-33,35-41H2,1H3,(H,67,78)(H,68,88)(H,69,79)(H,70,89)(H,81,82)(H,83,84)(H,85,86)/t44-,49+,50+/m1/s1. The molecule has 3 aromatic rings. The zero-order valence-corrected chi connectivity index (χ0v) is 54.9. The molecule has 6 amide bonds. The molecule has 0 aliphatic carbocycles. The first-order valence-electron chi connectivity index (χ1n) is 30.7. The minimum absolute atomic E-state index is 0.0275. The smallest absolute Gasteiger partial charge is 0.317 e. The number of nitriles is 1. The molecule has 28 nitrogen and oxygen atoms in total. The number of nitrogens with one attached hydrogen (secondary N) is 4. The Morgan fingerprint density at radius 1 is 0.742 bits per heavy atom. The minimum atomic E-state index is -3.20. The fourth-order valence-electron chi connectivity index (χ4n) is 10.8. The molecule has 0 unspecified atom stereocenters. The molecule has 0 spiro atoms. The van der Waals surface area contributed by atoms with Crippen molar-refractivity contribution in [1.82, 2.24) is 60.6 Å². The summed E-state index contributed by atoms with van der Waals surface area (Å²) in [7, 11) is 1.15. The summed E-state index contributed by atoms with van der Waals surface area (Å²) >= 11 is 3.48. The average molecular weight is 1430 g/mol. The van der Waals surface area contributed by atoms with Crippen molar-refractivity contribution in [2.24, 2.45) is 0 Å². The summed E-state index contributed by atoms with van der Waals surface area (Å²) in [5.74, 6) is -10.1. The van der Waals surface area contributed by atoms with Gasteiger partial charge in [-0.25, -0.2) is 8.78 Å². The highest BCUT2D eigenvalue weighted by molar-refractivity contribution is 14.1. The molecule has 1 aromatic heterocycles. The third-order valence-electron chi connectivity index (χ3n) is 15.8. The van der Waals surface area contributed by atoms with Gasteiger partial charge in [0.15, 0.2) is 0 Å². The van der Waals surface area contributed by atoms with Gasteiger partial charge in [0.1, 0.15) is 23.9 Å². The molecule has 2 aromatic carbocycles. The molecule has 0 bridgehead atoms. The van der Waals surface area contributed by atoms with Crippen LogP contribution in [0.1, 0.15) is 54.4 Å². The van der Waals surface area contributed by atoms with Gasteiger partial charge in [0.25, 0.3) is 11.8 Å². The molecule has 0 radical (unpaired) electrons. The summed E-state index contributed by atoms with van der Waals surface area (Å²) < 4.78 is 40.0. The monoisotopic (exact) mass is 1430 g/mol. The van der Waals surface area contributed by atoms with E-state index < -0.39 is 103 Å². The van der Waals surface area contributed by atoms with Gasteiger partial charge in [0.2, 0.25) is 29.5 Å². The van der Waals surface area contributed by atoms with E-state index in [-0.39, 0.29) is 115 Å². The second kappa shape index (κ2) is 38.1. The Hall–Kier alpha value is -7.42. The minimum Gasteiger partial charge on any atom is -0.494 e. The predicted octanol–water partition coefficient (Wildman–Crippen LogP) is 0.513. The summed E-state index contributed by atoms with van der Waals surface area (Å²) in [5.41, 5.74) is 1.75. The number of pyridine rings is 1. The van der Waals surface area contributed by atoms with Crippen LogP contribution >= 0.6 is 34.4 Å². The number of carboxylic acid groups (broad SMARTS) is 3. The maximum atomic E-state index is 14.4. The lowest BCUT2D eigenvalue weighted by atomic mass is 10.1. The number of esters is 1. The third kappa shape index (κ3) is 26.1. The number of benzene rings is 2. The zero-order valence-electron chi connectivity index (χ0n) is 51.9. The Labute approximate surface area is 555 Å². The Morgan fingerprint density at radius 3 is 1.94 bits per heavy atom. The first-order valence-corrected chi connectivity index (χ1v) is 32.9. The van der Waals surface area contributed by atoms with E-state index in [1.54, 1.807) is 48.8 Å². The van der Waals surface area contributed by atoms with Gasteiger partial charge in [-0.05, 0) is 96.8 Å². The number of unbranched alkanes of at least 4 members (excludes halogenated alkanes) is 1. The van der Waals surface area contributed by atoms with E-state index in [9.17, 15) is 77.3 Å². The molecule has 32 heteroatoms. The molecule has 4 heterocycles. The number of carboxylic acids is 3. The number of ether oxygens (including phenoxy) is 2. The van der Waals surface area contributed by atoms with Crippen LogP contribution in [0.25, 0.3) is 10.9 Å². The van der Waals surface area contributed by atoms with Crippen molar-refractivity contribution >= 4 is 105 Å². The van der Waals surface area contributed by atoms with Gasteiger partial charge >= 0.3 is 23.9 Å². The van der Waals surface area contributed by atoms with Crippen molar-refractivity contribution in [2.45, 2.75) is 69.0 Å². The average Bonchev–Trinajstić information content (AvgIpc) is 1.83. The molecule has 3 saturated heterocycles. The summed E-state index contributed by atoms with van der Waals surface area (Å²) in [5, 5.41) is 49.6. The van der Waals surface area contributed by atoms with Crippen LogP contribution in [0.4, 0.5) is 8.78 Å². The summed E-state index contributed by atoms with van der Waals surface area (Å²) in [4.78, 5) is 145. The number of aryl methyl sites for hydroxylation is 1. The normalized spacial score (nSPS) is 17.8. The van der Waals surface area contributed by atoms with E-state index in [2.05, 4.69) is 53.7 Å². The number of aliphatic carboxylic acids is 3. The lowest BCUT2D eigenvalue weighted by Crippen LogP contribution is -2.59. The fourth-order valence-corrected chi connectivity index (χ4v) is 12.0. The van der Waals surface area contributed by atoms with Crippen LogP contribution in [0.3, 0.4) is 0 Å². The van der Waals surface area contributed by atoms with Gasteiger partial charge in [-0.2, -0.15) is 17.0 Å². The van der Waals surface area contributed by atoms with Gasteiger partial charge in [-0.1, -0.05) is 12.1 Å². The number of halogens is 3. The van der Waals surface area contributed by atoms with E-state index in [4.69, 9.17) is 9.47 Å². The summed E-state index contributed by atoms with van der Waals surface area (Å²) in [6, 6.07) is 12.2. The number of fused-ring (bicyclic) bond motifs is 1. The molecule has 0 saturated carbocycles. The predicted molar refractivity (Wildman–Crippen MR) is 344 cm³/mol. The van der Waals surface area contributed by atoms with Gasteiger partial charge in [0.05, 0.1) is 76.6 Å². The number of carbonyl (C=O) groups is 10. The van der Waals surface area contributed by atoms with Gasteiger partial charge in [-0.3, -0.25) is 77.4 Å². The summed E-state index contributed by atoms with van der Waals surface area (Å²) in [6.45, 7) is 0.902. The Morgan fingerprint density at radius 2 is 1.34 bits per heavy atom. The molecule has 6 rings (SSSR count). The first kappa shape index (κ1) is 74.6. The SMILES string of the molecule is COC(=O)C[C@H](NC(=O)[C@H](CSCCNC(=O)CCCc1ccc(I)cc1)NC(=O)CN1CCN(CC(=O)O)CCN(CC(=O)O)CCN(CC(=O)O)CC1)C(=O)N1CCN(CCCCOc2ccc3nccc(C(=O)NCC(=O)N4CC(F)(F)C[C@@H]4C#N)c3c2)CC1. The fraction of sp³-hybridized carbons (Fsp3) is 0.574. The molecule has 3 atom stereocenters. The van der Waals surface area contributed by atoms with Crippen LogP contribution in [0, 0.1) is 14.9 Å². The second-order valence-corrected chi connectivity index (χ2v) is 25.2. The van der Waals surface area contributed by atoms with E-state index >= 15 is 0 Å². The van der Waals surface area contributed by atoms with Crippen molar-refractivity contribution in [3.8, 4) is 11.8 Å². The summed E-state index contributed by atoms with van der Waals surface area (Å²) in [6.07, 6.45) is 3.09. The Kier molecular flexibility index (Phi) is 30.5. The number of rotatable bonds is 32. The number of likely N-dealkylation sites (tertiary alicyclic amines) is 1. The van der Waals surface area contributed by atoms with Crippen LogP contribution in [0.15, 0.2) is 54.7 Å². The van der Waals surface area contributed by atoms with Crippen LogP contribution in [-0.2, 0) is 54.3 Å². The molecule has 7 N–H and O–H groups in total. The van der Waals surface area contributed by atoms with Crippen LogP contribution in [-0.4, -0.2) is 294 Å². The maximum Gasteiger partial charge on any atom is 0.317 e. The number of methoxy groups -OCH3 is 1. The van der Waals surface area contributed by atoms with Gasteiger partial charge < -0.3 is 55.9 Å². The van der Waals surface area contributed by atoms with Crippen molar-refractivity contribution < 1.29 is 81.5 Å². The highest BCUT2D eigenvalue weighted by Gasteiger charge is 2.47. The number of amides is 6. The second-order valence-electron chi connectivity index (χ2n) is 22.8. The number of alkyl halides is 2. The molecule has 3 aliphatic rings. The molecular weight excluding hydrogens is 1350 g/mol. The van der Waals surface area contributed by atoms with Gasteiger partial charge in [0, 0.05) is 125 Å². The van der Waals surface area contributed by atoms with E-state index in [0.717, 1.165) is 27.6 Å². The number of hydrogen-bond donors (Lipinski definition) is 7. The highest BCUT2D eigenvalue weighted by atomic mass is 127. The molecule has 93 heavy (non-hydrogen) atoms.